The normalized spacial score (nSPS) is 12.8. The van der Waals surface area contributed by atoms with Gasteiger partial charge >= 0.3 is 17.9 Å². The second-order valence-corrected chi connectivity index (χ2v) is 22.7. The number of esters is 3. The fourth-order valence-electron chi connectivity index (χ4n) is 9.67. The maximum absolute atomic E-state index is 12.9. The van der Waals surface area contributed by atoms with Crippen LogP contribution in [0.25, 0.3) is 0 Å². The zero-order valence-electron chi connectivity index (χ0n) is 53.3. The Kier molecular flexibility index (Phi) is 65.2. The van der Waals surface area contributed by atoms with Crippen LogP contribution in [0.5, 0.6) is 0 Å². The van der Waals surface area contributed by atoms with Crippen molar-refractivity contribution in [3.8, 4) is 0 Å². The van der Waals surface area contributed by atoms with Gasteiger partial charge < -0.3 is 14.2 Å². The Bertz CT molecular complexity index is 1620. The van der Waals surface area contributed by atoms with Crippen LogP contribution in [0.3, 0.4) is 0 Å². The van der Waals surface area contributed by atoms with Crippen LogP contribution >= 0.6 is 0 Å². The quantitative estimate of drug-likeness (QED) is 0.0261. The van der Waals surface area contributed by atoms with Gasteiger partial charge in [0.05, 0.1) is 0 Å². The van der Waals surface area contributed by atoms with E-state index >= 15 is 0 Å². The van der Waals surface area contributed by atoms with Crippen LogP contribution in [0.4, 0.5) is 0 Å². The molecule has 0 aliphatic carbocycles. The Balaban J connectivity index is 4.19. The third kappa shape index (κ3) is 66.8. The van der Waals surface area contributed by atoms with Gasteiger partial charge in [-0.1, -0.05) is 329 Å². The molecule has 0 aromatic heterocycles. The summed E-state index contributed by atoms with van der Waals surface area (Å²) in [4.78, 5) is 38.2. The molecule has 0 radical (unpaired) electrons. The van der Waals surface area contributed by atoms with Crippen LogP contribution in [0, 0.1) is 0 Å². The smallest absolute Gasteiger partial charge is 0.306 e. The van der Waals surface area contributed by atoms with Crippen LogP contribution in [0.1, 0.15) is 329 Å². The van der Waals surface area contributed by atoms with Gasteiger partial charge in [0.1, 0.15) is 13.2 Å². The highest BCUT2D eigenvalue weighted by molar-refractivity contribution is 5.71. The van der Waals surface area contributed by atoms with Crippen LogP contribution in [0.2, 0.25) is 0 Å². The highest BCUT2D eigenvalue weighted by Crippen LogP contribution is 2.17. The van der Waals surface area contributed by atoms with Crippen molar-refractivity contribution in [1.82, 2.24) is 0 Å². The van der Waals surface area contributed by atoms with Gasteiger partial charge in [0.25, 0.3) is 0 Å². The number of hydrogen-bond acceptors (Lipinski definition) is 6. The minimum Gasteiger partial charge on any atom is -0.462 e. The second kappa shape index (κ2) is 68.6. The summed E-state index contributed by atoms with van der Waals surface area (Å²) in [6.45, 7) is 6.52. The number of hydrogen-bond donors (Lipinski definition) is 0. The van der Waals surface area contributed by atoms with Gasteiger partial charge in [-0.3, -0.25) is 14.4 Å². The molecule has 0 amide bonds. The molecule has 6 nitrogen and oxygen atoms in total. The van der Waals surface area contributed by atoms with Crippen molar-refractivity contribution >= 4 is 17.9 Å². The first kappa shape index (κ1) is 77.1. The number of allylic oxidation sites excluding steroid dienone is 18. The minimum atomic E-state index is -0.784. The molecule has 81 heavy (non-hydrogen) atoms. The molecule has 0 bridgehead atoms. The lowest BCUT2D eigenvalue weighted by Crippen LogP contribution is -2.30. The van der Waals surface area contributed by atoms with Gasteiger partial charge in [-0.2, -0.15) is 0 Å². The molecule has 1 atom stereocenters. The molecule has 0 aliphatic rings. The summed E-state index contributed by atoms with van der Waals surface area (Å²) >= 11 is 0. The molecule has 6 heteroatoms. The molecule has 0 N–H and O–H groups in total. The van der Waals surface area contributed by atoms with Gasteiger partial charge in [0.2, 0.25) is 0 Å². The van der Waals surface area contributed by atoms with E-state index in [0.717, 1.165) is 135 Å². The van der Waals surface area contributed by atoms with Crippen molar-refractivity contribution in [1.29, 1.82) is 0 Å². The zero-order valence-corrected chi connectivity index (χ0v) is 53.3. The summed E-state index contributed by atoms with van der Waals surface area (Å²) in [5.74, 6) is -0.893. The van der Waals surface area contributed by atoms with E-state index in [2.05, 4.69) is 130 Å². The molecule has 0 saturated carbocycles. The van der Waals surface area contributed by atoms with Crippen molar-refractivity contribution in [2.75, 3.05) is 13.2 Å². The minimum absolute atomic E-state index is 0.0807. The van der Waals surface area contributed by atoms with Gasteiger partial charge in [0, 0.05) is 19.3 Å². The maximum atomic E-state index is 12.9. The van der Waals surface area contributed by atoms with Gasteiger partial charge in [-0.15, -0.1) is 0 Å². The number of ether oxygens (including phenoxy) is 3. The lowest BCUT2D eigenvalue weighted by atomic mass is 10.0. The molecule has 0 rings (SSSR count). The monoisotopic (exact) mass is 1120 g/mol. The average molecular weight is 1130 g/mol. The molecule has 0 spiro atoms. The Morgan fingerprint density at radius 1 is 0.259 bits per heavy atom. The fourth-order valence-corrected chi connectivity index (χ4v) is 9.67. The van der Waals surface area contributed by atoms with Crippen molar-refractivity contribution in [3.05, 3.63) is 109 Å². The number of rotatable bonds is 62. The molecule has 0 heterocycles. The third-order valence-corrected chi connectivity index (χ3v) is 14.8. The summed E-state index contributed by atoms with van der Waals surface area (Å²) in [6.07, 6.45) is 94.1. The molecule has 1 unspecified atom stereocenters. The summed E-state index contributed by atoms with van der Waals surface area (Å²) in [7, 11) is 0. The van der Waals surface area contributed by atoms with Crippen LogP contribution in [0.15, 0.2) is 109 Å². The zero-order chi connectivity index (χ0) is 58.5. The van der Waals surface area contributed by atoms with E-state index in [-0.39, 0.29) is 31.1 Å². The molecule has 0 aromatic carbocycles. The molecule has 0 saturated heterocycles. The van der Waals surface area contributed by atoms with Crippen molar-refractivity contribution < 1.29 is 28.6 Å². The number of unbranched alkanes of at least 4 members (excludes halogenated alkanes) is 33. The van der Waals surface area contributed by atoms with Crippen LogP contribution < -0.4 is 0 Å². The average Bonchev–Trinajstić information content (AvgIpc) is 3.47. The van der Waals surface area contributed by atoms with E-state index in [0.29, 0.717) is 19.3 Å². The van der Waals surface area contributed by atoms with E-state index in [1.54, 1.807) is 0 Å². The first-order chi connectivity index (χ1) is 40.0. The van der Waals surface area contributed by atoms with Gasteiger partial charge in [0.15, 0.2) is 6.10 Å². The second-order valence-electron chi connectivity index (χ2n) is 22.7. The highest BCUT2D eigenvalue weighted by Gasteiger charge is 2.19. The molecular formula is C75H128O6. The Morgan fingerprint density at radius 3 is 0.753 bits per heavy atom. The predicted octanol–water partition coefficient (Wildman–Crippen LogP) is 23.8. The number of carbonyl (C=O) groups excluding carboxylic acids is 3. The third-order valence-electron chi connectivity index (χ3n) is 14.8. The Labute approximate surface area is 501 Å². The van der Waals surface area contributed by atoms with Crippen LogP contribution in [-0.2, 0) is 28.6 Å². The SMILES string of the molecule is CC/C=C\C/C=C\C/C=C\C/C=C\C/C=C\C/C=C\C/C=C\C/C=C\C/C=C\CCCCCCCC(=O)OCC(COC(=O)CCCCCCCCCC)OC(=O)CCCCCCCCCCCCCCCCCCCCCCCC. The Morgan fingerprint density at radius 2 is 0.481 bits per heavy atom. The standard InChI is InChI=1S/C75H128O6/c1-4-7-10-13-16-19-21-23-25-27-29-31-33-34-35-36-37-38-39-40-41-42-43-45-46-48-50-52-54-56-59-62-65-68-74(77)80-71-72(70-79-73(76)67-64-61-58-18-15-12-9-6-3)81-75(78)69-66-63-60-57-55-53-51-49-47-44-32-30-28-26-24-22-20-17-14-11-8-5-2/h7,10,16,19,23,25,29,31,34-35,37-38,40-41,43,45,48,50,72H,4-6,8-9,11-15,17-18,20-22,24,26-28,30,32-33,36,39,42,44,46-47,49,51-71H2,1-3H3/b10-7-,19-16-,25-23-,31-29-,35-34-,38-37-,41-40-,45-43-,50-48-. The largest absolute Gasteiger partial charge is 0.462 e. The highest BCUT2D eigenvalue weighted by atomic mass is 16.6. The molecule has 0 aliphatic heterocycles. The first-order valence-electron chi connectivity index (χ1n) is 34.4. The van der Waals surface area contributed by atoms with E-state index in [4.69, 9.17) is 14.2 Å². The van der Waals surface area contributed by atoms with Crippen molar-refractivity contribution in [3.63, 3.8) is 0 Å². The van der Waals surface area contributed by atoms with E-state index in [9.17, 15) is 14.4 Å². The van der Waals surface area contributed by atoms with E-state index in [1.165, 1.54) is 154 Å². The van der Waals surface area contributed by atoms with Crippen molar-refractivity contribution in [2.24, 2.45) is 0 Å². The predicted molar refractivity (Wildman–Crippen MR) is 353 cm³/mol. The fraction of sp³-hybridized carbons (Fsp3) is 0.720. The van der Waals surface area contributed by atoms with Crippen LogP contribution in [-0.4, -0.2) is 37.2 Å². The summed E-state index contributed by atoms with van der Waals surface area (Å²) < 4.78 is 16.9. The summed E-state index contributed by atoms with van der Waals surface area (Å²) in [6, 6.07) is 0. The van der Waals surface area contributed by atoms with E-state index in [1.807, 2.05) is 0 Å². The maximum Gasteiger partial charge on any atom is 0.306 e. The topological polar surface area (TPSA) is 78.9 Å². The number of carbonyl (C=O) groups is 3. The van der Waals surface area contributed by atoms with Gasteiger partial charge in [-0.05, 0) is 89.9 Å². The van der Waals surface area contributed by atoms with Gasteiger partial charge in [-0.25, -0.2) is 0 Å². The molecule has 464 valence electrons. The van der Waals surface area contributed by atoms with Crippen molar-refractivity contribution in [2.45, 2.75) is 335 Å². The molecule has 0 aromatic rings. The Hall–Kier alpha value is -3.93. The lowest BCUT2D eigenvalue weighted by Gasteiger charge is -2.18. The van der Waals surface area contributed by atoms with E-state index < -0.39 is 6.10 Å². The molecular weight excluding hydrogens is 997 g/mol. The summed E-state index contributed by atoms with van der Waals surface area (Å²) in [5.41, 5.74) is 0. The molecule has 0 fully saturated rings. The summed E-state index contributed by atoms with van der Waals surface area (Å²) in [5, 5.41) is 0. The first-order valence-corrected chi connectivity index (χ1v) is 34.4. The lowest BCUT2D eigenvalue weighted by molar-refractivity contribution is -0.167.